The first-order valence-corrected chi connectivity index (χ1v) is 6.42. The van der Waals surface area contributed by atoms with Gasteiger partial charge in [0.25, 0.3) is 0 Å². The Morgan fingerprint density at radius 1 is 1.41 bits per heavy atom. The molecule has 0 bridgehead atoms. The number of halogens is 2. The zero-order chi connectivity index (χ0) is 12.2. The quantitative estimate of drug-likeness (QED) is 0.866. The highest BCUT2D eigenvalue weighted by atomic mass is 79.9. The van der Waals surface area contributed by atoms with Crippen LogP contribution in [0.4, 0.5) is 10.1 Å². The van der Waals surface area contributed by atoms with E-state index in [-0.39, 0.29) is 5.82 Å². The van der Waals surface area contributed by atoms with Crippen LogP contribution in [-0.4, -0.2) is 4.98 Å². The van der Waals surface area contributed by atoms with Gasteiger partial charge in [0.2, 0.25) is 0 Å². The molecule has 0 saturated heterocycles. The van der Waals surface area contributed by atoms with Crippen molar-refractivity contribution in [3.8, 4) is 0 Å². The second kappa shape index (κ2) is 3.67. The summed E-state index contributed by atoms with van der Waals surface area (Å²) in [6, 6.07) is 3.37. The molecule has 4 heteroatoms. The number of hydrogen-bond acceptors (Lipinski definition) is 2. The number of aryl methyl sites for hydroxylation is 1. The lowest BCUT2D eigenvalue weighted by molar-refractivity contribution is 0.622. The van der Waals surface area contributed by atoms with E-state index < -0.39 is 0 Å². The Bertz CT molecular complexity index is 621. The number of nitrogens with two attached hydrogens (primary N) is 1. The fourth-order valence-corrected chi connectivity index (χ4v) is 2.66. The van der Waals surface area contributed by atoms with E-state index in [0.717, 1.165) is 16.8 Å². The van der Waals surface area contributed by atoms with Gasteiger partial charge in [0.1, 0.15) is 5.82 Å². The summed E-state index contributed by atoms with van der Waals surface area (Å²) >= 11 is 3.25. The van der Waals surface area contributed by atoms with Crippen LogP contribution in [0.3, 0.4) is 0 Å². The van der Waals surface area contributed by atoms with E-state index >= 15 is 0 Å². The van der Waals surface area contributed by atoms with Crippen LogP contribution in [-0.2, 0) is 0 Å². The zero-order valence-electron chi connectivity index (χ0n) is 9.43. The smallest absolute Gasteiger partial charge is 0.138 e. The van der Waals surface area contributed by atoms with E-state index in [2.05, 4.69) is 20.9 Å². The minimum Gasteiger partial charge on any atom is -0.398 e. The summed E-state index contributed by atoms with van der Waals surface area (Å²) in [7, 11) is 0. The number of nitrogen functional groups attached to an aromatic ring is 1. The largest absolute Gasteiger partial charge is 0.398 e. The number of fused-ring (bicyclic) bond motifs is 1. The first-order valence-electron chi connectivity index (χ1n) is 5.62. The fraction of sp³-hybridized carbons (Fsp3) is 0.308. The van der Waals surface area contributed by atoms with Crippen LogP contribution in [0.25, 0.3) is 10.9 Å². The molecule has 1 fully saturated rings. The maximum atomic E-state index is 13.6. The van der Waals surface area contributed by atoms with E-state index in [1.165, 1.54) is 18.9 Å². The Labute approximate surface area is 107 Å². The second-order valence-corrected chi connectivity index (χ2v) is 5.42. The van der Waals surface area contributed by atoms with E-state index in [1.54, 1.807) is 0 Å². The molecular weight excluding hydrogens is 283 g/mol. The van der Waals surface area contributed by atoms with Gasteiger partial charge < -0.3 is 5.73 Å². The molecule has 0 atom stereocenters. The highest BCUT2D eigenvalue weighted by Gasteiger charge is 2.26. The maximum Gasteiger partial charge on any atom is 0.138 e. The highest BCUT2D eigenvalue weighted by Crippen LogP contribution is 2.42. The van der Waals surface area contributed by atoms with Gasteiger partial charge in [-0.05, 0) is 53.4 Å². The van der Waals surface area contributed by atoms with Crippen molar-refractivity contribution in [1.82, 2.24) is 4.98 Å². The van der Waals surface area contributed by atoms with Crippen molar-refractivity contribution in [2.45, 2.75) is 25.7 Å². The predicted octanol–water partition coefficient (Wildman–Crippen LogP) is 3.90. The Hall–Kier alpha value is -1.16. The molecule has 1 aliphatic carbocycles. The van der Waals surface area contributed by atoms with E-state index in [1.807, 2.05) is 13.0 Å². The lowest BCUT2D eigenvalue weighted by atomic mass is 10.1. The van der Waals surface area contributed by atoms with Crippen molar-refractivity contribution in [2.75, 3.05) is 5.73 Å². The Morgan fingerprint density at radius 2 is 2.12 bits per heavy atom. The molecule has 1 saturated carbocycles. The number of aromatic nitrogens is 1. The number of rotatable bonds is 1. The molecule has 1 heterocycles. The molecule has 3 rings (SSSR count). The molecular formula is C13H12BrFN2. The van der Waals surface area contributed by atoms with Crippen LogP contribution in [0.5, 0.6) is 0 Å². The third-order valence-corrected chi connectivity index (χ3v) is 3.99. The average Bonchev–Trinajstić information content (AvgIpc) is 3.09. The Balaban J connectivity index is 2.38. The summed E-state index contributed by atoms with van der Waals surface area (Å²) in [5.41, 5.74) is 9.30. The lowest BCUT2D eigenvalue weighted by Gasteiger charge is -2.10. The molecule has 2 nitrogen and oxygen atoms in total. The topological polar surface area (TPSA) is 38.9 Å². The number of hydrogen-bond donors (Lipinski definition) is 1. The van der Waals surface area contributed by atoms with Gasteiger partial charge in [0.05, 0.1) is 9.99 Å². The fourth-order valence-electron chi connectivity index (χ4n) is 2.13. The van der Waals surface area contributed by atoms with Gasteiger partial charge in [-0.2, -0.15) is 0 Å². The molecule has 17 heavy (non-hydrogen) atoms. The summed E-state index contributed by atoms with van der Waals surface area (Å²) in [5, 5.41) is 0.687. The minimum atomic E-state index is -0.289. The van der Waals surface area contributed by atoms with Crippen molar-refractivity contribution in [2.24, 2.45) is 0 Å². The van der Waals surface area contributed by atoms with Gasteiger partial charge in [-0.25, -0.2) is 4.39 Å². The average molecular weight is 295 g/mol. The van der Waals surface area contributed by atoms with Crippen molar-refractivity contribution < 1.29 is 4.39 Å². The molecule has 1 aromatic heterocycles. The molecule has 88 valence electrons. The van der Waals surface area contributed by atoms with Gasteiger partial charge in [-0.3, -0.25) is 4.98 Å². The SMILES string of the molecule is Cc1cc(F)c(Br)c2c(N)cc(C3CC3)nc12. The van der Waals surface area contributed by atoms with Gasteiger partial charge in [0, 0.05) is 22.7 Å². The third kappa shape index (κ3) is 1.71. The Morgan fingerprint density at radius 3 is 2.76 bits per heavy atom. The first-order chi connectivity index (χ1) is 8.08. The number of nitrogens with zero attached hydrogens (tertiary/aromatic N) is 1. The summed E-state index contributed by atoms with van der Waals surface area (Å²) in [6.45, 7) is 1.86. The molecule has 0 radical (unpaired) electrons. The molecule has 0 amide bonds. The normalized spacial score (nSPS) is 15.5. The van der Waals surface area contributed by atoms with Gasteiger partial charge in [0.15, 0.2) is 0 Å². The summed E-state index contributed by atoms with van der Waals surface area (Å²) in [5.74, 6) is 0.257. The number of anilines is 1. The van der Waals surface area contributed by atoms with Gasteiger partial charge in [-0.1, -0.05) is 0 Å². The van der Waals surface area contributed by atoms with Crippen molar-refractivity contribution >= 4 is 32.5 Å². The molecule has 0 aliphatic heterocycles. The van der Waals surface area contributed by atoms with Gasteiger partial charge in [-0.15, -0.1) is 0 Å². The van der Waals surface area contributed by atoms with Crippen LogP contribution in [0.2, 0.25) is 0 Å². The molecule has 1 aliphatic rings. The molecule has 0 unspecified atom stereocenters. The van der Waals surface area contributed by atoms with Crippen LogP contribution in [0, 0.1) is 12.7 Å². The second-order valence-electron chi connectivity index (χ2n) is 4.62. The number of pyridine rings is 1. The highest BCUT2D eigenvalue weighted by molar-refractivity contribution is 9.10. The van der Waals surface area contributed by atoms with Crippen LogP contribution in [0.15, 0.2) is 16.6 Å². The minimum absolute atomic E-state index is 0.289. The molecule has 1 aromatic carbocycles. The molecule has 0 spiro atoms. The monoisotopic (exact) mass is 294 g/mol. The summed E-state index contributed by atoms with van der Waals surface area (Å²) in [4.78, 5) is 4.62. The van der Waals surface area contributed by atoms with Crippen molar-refractivity contribution in [3.63, 3.8) is 0 Å². The first kappa shape index (κ1) is 11.0. The van der Waals surface area contributed by atoms with Gasteiger partial charge >= 0.3 is 0 Å². The third-order valence-electron chi connectivity index (χ3n) is 3.21. The Kier molecular flexibility index (Phi) is 2.36. The van der Waals surface area contributed by atoms with Crippen molar-refractivity contribution in [3.05, 3.63) is 33.7 Å². The predicted molar refractivity (Wildman–Crippen MR) is 70.5 cm³/mol. The van der Waals surface area contributed by atoms with E-state index in [4.69, 9.17) is 5.73 Å². The molecule has 2 aromatic rings. The molecule has 2 N–H and O–H groups in total. The van der Waals surface area contributed by atoms with E-state index in [0.29, 0.717) is 21.5 Å². The zero-order valence-corrected chi connectivity index (χ0v) is 11.0. The summed E-state index contributed by atoms with van der Waals surface area (Å²) < 4.78 is 14.0. The van der Waals surface area contributed by atoms with Crippen molar-refractivity contribution in [1.29, 1.82) is 0 Å². The van der Waals surface area contributed by atoms with Crippen LogP contribution in [0.1, 0.15) is 30.0 Å². The van der Waals surface area contributed by atoms with Crippen LogP contribution >= 0.6 is 15.9 Å². The summed E-state index contributed by atoms with van der Waals surface area (Å²) in [6.07, 6.45) is 2.36. The standard InChI is InChI=1S/C13H12BrFN2/c1-6-4-8(15)12(14)11-9(16)5-10(7-2-3-7)17-13(6)11/h4-5,7H,2-3H2,1H3,(H2,16,17). The van der Waals surface area contributed by atoms with E-state index in [9.17, 15) is 4.39 Å². The van der Waals surface area contributed by atoms with Crippen LogP contribution < -0.4 is 5.73 Å². The maximum absolute atomic E-state index is 13.6. The number of benzene rings is 1. The lowest BCUT2D eigenvalue weighted by Crippen LogP contribution is -1.98.